The van der Waals surface area contributed by atoms with Crippen LogP contribution in [0.3, 0.4) is 0 Å². The number of fused-ring (bicyclic) bond motifs is 1. The van der Waals surface area contributed by atoms with Crippen LogP contribution in [-0.4, -0.2) is 40.2 Å². The summed E-state index contributed by atoms with van der Waals surface area (Å²) in [4.78, 5) is 9.00. The maximum Gasteiger partial charge on any atom is 0.243 e. The zero-order valence-electron chi connectivity index (χ0n) is 14.0. The highest BCUT2D eigenvalue weighted by Crippen LogP contribution is 2.26. The maximum absolute atomic E-state index is 13.0. The van der Waals surface area contributed by atoms with Gasteiger partial charge in [0.25, 0.3) is 0 Å². The van der Waals surface area contributed by atoms with Gasteiger partial charge in [0.2, 0.25) is 15.8 Å². The molecule has 7 heteroatoms. The number of imidazole rings is 1. The summed E-state index contributed by atoms with van der Waals surface area (Å²) in [6.45, 7) is 3.28. The van der Waals surface area contributed by atoms with Crippen molar-refractivity contribution in [1.29, 1.82) is 0 Å². The van der Waals surface area contributed by atoms with E-state index in [4.69, 9.17) is 0 Å². The summed E-state index contributed by atoms with van der Waals surface area (Å²) in [6, 6.07) is 8.84. The third kappa shape index (κ3) is 3.05. The molecule has 1 saturated heterocycles. The quantitative estimate of drug-likeness (QED) is 0.724. The van der Waals surface area contributed by atoms with Crippen LogP contribution < -0.4 is 0 Å². The molecule has 1 fully saturated rings. The molecule has 130 valence electrons. The van der Waals surface area contributed by atoms with Crippen LogP contribution in [0.4, 0.5) is 0 Å². The Morgan fingerprint density at radius 3 is 2.92 bits per heavy atom. The first-order chi connectivity index (χ1) is 12.0. The monoisotopic (exact) mass is 356 g/mol. The summed E-state index contributed by atoms with van der Waals surface area (Å²) in [5, 5.41) is 0. The van der Waals surface area contributed by atoms with Crippen LogP contribution in [0, 0.1) is 5.92 Å². The second kappa shape index (κ2) is 6.24. The Balaban J connectivity index is 1.71. The minimum absolute atomic E-state index is 0.323. The van der Waals surface area contributed by atoms with Crippen LogP contribution >= 0.6 is 0 Å². The number of benzene rings is 1. The van der Waals surface area contributed by atoms with E-state index >= 15 is 0 Å². The van der Waals surface area contributed by atoms with Gasteiger partial charge in [-0.25, -0.2) is 18.4 Å². The Kier molecular flexibility index (Phi) is 4.05. The van der Waals surface area contributed by atoms with Crippen LogP contribution in [0.5, 0.6) is 0 Å². The average Bonchev–Trinajstić information content (AvgIpc) is 3.06. The largest absolute Gasteiger partial charge is 0.291 e. The van der Waals surface area contributed by atoms with Gasteiger partial charge in [0.05, 0.1) is 10.6 Å². The Morgan fingerprint density at radius 2 is 2.12 bits per heavy atom. The Hall–Kier alpha value is -2.25. The van der Waals surface area contributed by atoms with Crippen LogP contribution in [-0.2, 0) is 10.0 Å². The summed E-state index contributed by atoms with van der Waals surface area (Å²) in [6.07, 6.45) is 7.41. The molecule has 2 aromatic heterocycles. The SMILES string of the molecule is C[C@@H]1CCCN(S(=O)(=O)c2cccc(-c3cn4cccnc4n3)c2)C1. The fourth-order valence-corrected chi connectivity index (χ4v) is 4.94. The van der Waals surface area contributed by atoms with Gasteiger partial charge in [-0.1, -0.05) is 19.1 Å². The van der Waals surface area contributed by atoms with E-state index < -0.39 is 10.0 Å². The van der Waals surface area contributed by atoms with E-state index in [1.807, 2.05) is 28.9 Å². The molecule has 0 N–H and O–H groups in total. The van der Waals surface area contributed by atoms with Gasteiger partial charge in [0.1, 0.15) is 0 Å². The van der Waals surface area contributed by atoms with Gasteiger partial charge in [-0.2, -0.15) is 4.31 Å². The van der Waals surface area contributed by atoms with Crippen LogP contribution in [0.15, 0.2) is 53.8 Å². The molecule has 1 atom stereocenters. The second-order valence-corrected chi connectivity index (χ2v) is 8.53. The van der Waals surface area contributed by atoms with Gasteiger partial charge in [0, 0.05) is 37.2 Å². The molecule has 1 aliphatic heterocycles. The lowest BCUT2D eigenvalue weighted by atomic mass is 10.0. The predicted molar refractivity (Wildman–Crippen MR) is 95.6 cm³/mol. The van der Waals surface area contributed by atoms with Gasteiger partial charge >= 0.3 is 0 Å². The van der Waals surface area contributed by atoms with Crippen molar-refractivity contribution in [3.63, 3.8) is 0 Å². The Labute approximate surface area is 147 Å². The molecular formula is C18H20N4O2S. The van der Waals surface area contributed by atoms with Gasteiger partial charge in [0.15, 0.2) is 0 Å². The van der Waals surface area contributed by atoms with Crippen molar-refractivity contribution in [3.8, 4) is 11.3 Å². The lowest BCUT2D eigenvalue weighted by Crippen LogP contribution is -2.39. The number of sulfonamides is 1. The van der Waals surface area contributed by atoms with Gasteiger partial charge in [-0.3, -0.25) is 4.40 Å². The number of piperidine rings is 1. The minimum Gasteiger partial charge on any atom is -0.291 e. The highest BCUT2D eigenvalue weighted by Gasteiger charge is 2.28. The van der Waals surface area contributed by atoms with Crippen molar-refractivity contribution in [2.45, 2.75) is 24.7 Å². The van der Waals surface area contributed by atoms with Gasteiger partial charge in [-0.05, 0) is 37.0 Å². The molecule has 0 amide bonds. The second-order valence-electron chi connectivity index (χ2n) is 6.59. The standard InChI is InChI=1S/C18H20N4O2S/c1-14-5-3-10-22(12-14)25(23,24)16-7-2-6-15(11-16)17-13-21-9-4-8-19-18(21)20-17/h2,4,6-9,11,13-14H,3,5,10,12H2,1H3/t14-/m1/s1. The molecule has 3 aromatic rings. The van der Waals surface area contributed by atoms with Crippen LogP contribution in [0.25, 0.3) is 17.0 Å². The zero-order valence-corrected chi connectivity index (χ0v) is 14.9. The number of aromatic nitrogens is 3. The molecule has 25 heavy (non-hydrogen) atoms. The molecule has 0 radical (unpaired) electrons. The van der Waals surface area contributed by atoms with Crippen LogP contribution in [0.1, 0.15) is 19.8 Å². The normalized spacial score (nSPS) is 19.3. The zero-order chi connectivity index (χ0) is 17.4. The smallest absolute Gasteiger partial charge is 0.243 e. The lowest BCUT2D eigenvalue weighted by molar-refractivity contribution is 0.281. The van der Waals surface area contributed by atoms with Crippen molar-refractivity contribution in [2.24, 2.45) is 5.92 Å². The molecule has 0 aliphatic carbocycles. The van der Waals surface area contributed by atoms with Gasteiger partial charge < -0.3 is 0 Å². The van der Waals surface area contributed by atoms with E-state index in [2.05, 4.69) is 16.9 Å². The van der Waals surface area contributed by atoms with E-state index in [0.29, 0.717) is 35.4 Å². The molecule has 0 bridgehead atoms. The molecule has 6 nitrogen and oxygen atoms in total. The number of hydrogen-bond acceptors (Lipinski definition) is 4. The molecular weight excluding hydrogens is 336 g/mol. The molecule has 1 aliphatic rings. The van der Waals surface area contributed by atoms with E-state index in [1.165, 1.54) is 0 Å². The number of hydrogen-bond donors (Lipinski definition) is 0. The summed E-state index contributed by atoms with van der Waals surface area (Å²) in [5.74, 6) is 0.992. The predicted octanol–water partition coefficient (Wildman–Crippen LogP) is 2.82. The third-order valence-electron chi connectivity index (χ3n) is 4.62. The van der Waals surface area contributed by atoms with Crippen molar-refractivity contribution in [2.75, 3.05) is 13.1 Å². The first-order valence-corrected chi connectivity index (χ1v) is 9.88. The van der Waals surface area contributed by atoms with E-state index in [0.717, 1.165) is 18.4 Å². The highest BCUT2D eigenvalue weighted by atomic mass is 32.2. The van der Waals surface area contributed by atoms with Gasteiger partial charge in [-0.15, -0.1) is 0 Å². The van der Waals surface area contributed by atoms with Crippen LogP contribution in [0.2, 0.25) is 0 Å². The first kappa shape index (κ1) is 16.2. The molecule has 3 heterocycles. The summed E-state index contributed by atoms with van der Waals surface area (Å²) in [7, 11) is -3.47. The Bertz CT molecular complexity index is 980. The van der Waals surface area contributed by atoms with E-state index in [9.17, 15) is 8.42 Å². The van der Waals surface area contributed by atoms with Crippen molar-refractivity contribution in [3.05, 3.63) is 48.9 Å². The molecule has 0 spiro atoms. The molecule has 1 aromatic carbocycles. The summed E-state index contributed by atoms with van der Waals surface area (Å²) < 4.78 is 29.4. The highest BCUT2D eigenvalue weighted by molar-refractivity contribution is 7.89. The molecule has 0 unspecified atom stereocenters. The fourth-order valence-electron chi connectivity index (χ4n) is 3.30. The molecule has 0 saturated carbocycles. The van der Waals surface area contributed by atoms with Crippen molar-refractivity contribution < 1.29 is 8.42 Å². The summed E-state index contributed by atoms with van der Waals surface area (Å²) >= 11 is 0. The first-order valence-electron chi connectivity index (χ1n) is 8.44. The Morgan fingerprint density at radius 1 is 1.24 bits per heavy atom. The minimum atomic E-state index is -3.47. The van der Waals surface area contributed by atoms with Crippen molar-refractivity contribution in [1.82, 2.24) is 18.7 Å². The molecule has 4 rings (SSSR count). The number of nitrogens with zero attached hydrogens (tertiary/aromatic N) is 4. The van der Waals surface area contributed by atoms with E-state index in [-0.39, 0.29) is 0 Å². The number of rotatable bonds is 3. The van der Waals surface area contributed by atoms with E-state index in [1.54, 1.807) is 28.7 Å². The topological polar surface area (TPSA) is 67.6 Å². The fraction of sp³-hybridized carbons (Fsp3) is 0.333. The summed E-state index contributed by atoms with van der Waals surface area (Å²) in [5.41, 5.74) is 1.49. The maximum atomic E-state index is 13.0. The third-order valence-corrected chi connectivity index (χ3v) is 6.48. The average molecular weight is 356 g/mol. The lowest BCUT2D eigenvalue weighted by Gasteiger charge is -2.30. The van der Waals surface area contributed by atoms with Crippen molar-refractivity contribution >= 4 is 15.8 Å².